The van der Waals surface area contributed by atoms with E-state index in [2.05, 4.69) is 0 Å². The minimum absolute atomic E-state index is 0.325. The number of benzene rings is 2. The quantitative estimate of drug-likeness (QED) is 0.712. The minimum Gasteiger partial charge on any atom is -0.366 e. The van der Waals surface area contributed by atoms with Gasteiger partial charge in [0.15, 0.2) is 0 Å². The van der Waals surface area contributed by atoms with Crippen molar-refractivity contribution in [2.75, 3.05) is 18.0 Å². The molecule has 2 heterocycles. The molecule has 4 rings (SSSR count). The number of hydrogen-bond donors (Lipinski definition) is 0. The number of anilines is 1. The fraction of sp³-hybridized carbons (Fsp3) is 0.273. The molecule has 1 saturated heterocycles. The van der Waals surface area contributed by atoms with Crippen LogP contribution in [0.4, 0.5) is 10.1 Å². The molecular formula is C22H20ClFN2O2. The Morgan fingerprint density at radius 3 is 2.29 bits per heavy atom. The maximum absolute atomic E-state index is 13.4. The Balaban J connectivity index is 1.85. The molecular weight excluding hydrogens is 379 g/mol. The molecule has 2 aromatic carbocycles. The van der Waals surface area contributed by atoms with Gasteiger partial charge >= 0.3 is 0 Å². The molecule has 28 heavy (non-hydrogen) atoms. The van der Waals surface area contributed by atoms with E-state index in [-0.39, 0.29) is 11.7 Å². The van der Waals surface area contributed by atoms with Crippen LogP contribution in [-0.4, -0.2) is 29.8 Å². The Bertz CT molecular complexity index is 979. The highest BCUT2D eigenvalue weighted by Crippen LogP contribution is 2.38. The normalized spacial score (nSPS) is 17.7. The number of likely N-dealkylation sites (tertiary alicyclic amines) is 1. The van der Waals surface area contributed by atoms with E-state index in [0.29, 0.717) is 33.1 Å². The molecule has 0 atom stereocenters. The van der Waals surface area contributed by atoms with E-state index >= 15 is 0 Å². The Hall–Kier alpha value is -2.66. The zero-order valence-corrected chi connectivity index (χ0v) is 16.3. The van der Waals surface area contributed by atoms with Gasteiger partial charge in [0, 0.05) is 18.1 Å². The number of carbonyl (C=O) groups excluding carboxylic acids is 2. The first-order valence-electron chi connectivity index (χ1n) is 9.38. The van der Waals surface area contributed by atoms with Gasteiger partial charge in [-0.15, -0.1) is 0 Å². The first-order valence-corrected chi connectivity index (χ1v) is 9.76. The lowest BCUT2D eigenvalue weighted by molar-refractivity contribution is -0.120. The average molecular weight is 399 g/mol. The van der Waals surface area contributed by atoms with Crippen molar-refractivity contribution in [2.24, 2.45) is 0 Å². The summed E-state index contributed by atoms with van der Waals surface area (Å²) in [7, 11) is 0. The molecule has 2 aromatic rings. The third-order valence-corrected chi connectivity index (χ3v) is 5.75. The molecule has 4 nitrogen and oxygen atoms in total. The van der Waals surface area contributed by atoms with E-state index in [1.54, 1.807) is 37.3 Å². The van der Waals surface area contributed by atoms with Gasteiger partial charge in [-0.3, -0.25) is 9.59 Å². The second-order valence-electron chi connectivity index (χ2n) is 7.11. The third kappa shape index (κ3) is 3.10. The van der Waals surface area contributed by atoms with Crippen molar-refractivity contribution < 1.29 is 14.0 Å². The molecule has 0 N–H and O–H groups in total. The molecule has 2 amide bonds. The van der Waals surface area contributed by atoms with Gasteiger partial charge in [0.25, 0.3) is 11.8 Å². The molecule has 1 fully saturated rings. The van der Waals surface area contributed by atoms with Crippen LogP contribution in [0.3, 0.4) is 0 Å². The molecule has 2 aliphatic heterocycles. The van der Waals surface area contributed by atoms with Crippen molar-refractivity contribution in [3.05, 3.63) is 70.1 Å². The summed E-state index contributed by atoms with van der Waals surface area (Å²) in [6.07, 6.45) is 3.05. The van der Waals surface area contributed by atoms with Crippen LogP contribution in [0.25, 0.3) is 5.57 Å². The molecule has 0 unspecified atom stereocenters. The summed E-state index contributed by atoms with van der Waals surface area (Å²) in [6.45, 7) is 3.23. The number of hydrogen-bond acceptors (Lipinski definition) is 3. The van der Waals surface area contributed by atoms with Gasteiger partial charge < -0.3 is 4.90 Å². The maximum atomic E-state index is 13.4. The average Bonchev–Trinajstić information content (AvgIpc) is 2.96. The number of carbonyl (C=O) groups is 2. The number of halogens is 2. The van der Waals surface area contributed by atoms with Crippen molar-refractivity contribution in [1.29, 1.82) is 0 Å². The summed E-state index contributed by atoms with van der Waals surface area (Å²) in [5.74, 6) is -1.14. The molecule has 0 bridgehead atoms. The number of imide groups is 1. The van der Waals surface area contributed by atoms with Crippen LogP contribution in [0.1, 0.15) is 30.4 Å². The van der Waals surface area contributed by atoms with Gasteiger partial charge in [0.05, 0.1) is 11.3 Å². The van der Waals surface area contributed by atoms with Crippen molar-refractivity contribution in [3.8, 4) is 0 Å². The Labute approximate surface area is 168 Å². The standard InChI is InChI=1S/C22H20ClFN2O2/c1-14-17(23)6-5-7-18(14)26-21(27)19(15-8-10-16(24)11-9-15)20(22(26)28)25-12-3-2-4-13-25/h5-11H,2-4,12-13H2,1H3. The van der Waals surface area contributed by atoms with E-state index in [0.717, 1.165) is 32.4 Å². The summed E-state index contributed by atoms with van der Waals surface area (Å²) < 4.78 is 13.4. The number of rotatable bonds is 3. The SMILES string of the molecule is Cc1c(Cl)cccc1N1C(=O)C(c2ccc(F)cc2)=C(N2CCCCC2)C1=O. The zero-order chi connectivity index (χ0) is 19.8. The molecule has 0 aliphatic carbocycles. The monoisotopic (exact) mass is 398 g/mol. The fourth-order valence-electron chi connectivity index (χ4n) is 3.86. The van der Waals surface area contributed by atoms with Crippen molar-refractivity contribution in [1.82, 2.24) is 4.90 Å². The first kappa shape index (κ1) is 18.7. The first-order chi connectivity index (χ1) is 13.5. The van der Waals surface area contributed by atoms with Crippen molar-refractivity contribution >= 4 is 34.7 Å². The fourth-order valence-corrected chi connectivity index (χ4v) is 4.03. The molecule has 0 radical (unpaired) electrons. The molecule has 2 aliphatic rings. The summed E-state index contributed by atoms with van der Waals surface area (Å²) in [5, 5.41) is 0.493. The smallest absolute Gasteiger partial charge is 0.282 e. The maximum Gasteiger partial charge on any atom is 0.282 e. The largest absolute Gasteiger partial charge is 0.366 e. The summed E-state index contributed by atoms with van der Waals surface area (Å²) in [4.78, 5) is 30.0. The minimum atomic E-state index is -0.400. The van der Waals surface area contributed by atoms with Crippen LogP contribution in [0.5, 0.6) is 0 Å². The van der Waals surface area contributed by atoms with Crippen LogP contribution in [0.15, 0.2) is 48.2 Å². The van der Waals surface area contributed by atoms with Crippen molar-refractivity contribution in [3.63, 3.8) is 0 Å². The van der Waals surface area contributed by atoms with Crippen LogP contribution in [0, 0.1) is 12.7 Å². The number of piperidine rings is 1. The highest BCUT2D eigenvalue weighted by molar-refractivity contribution is 6.46. The van der Waals surface area contributed by atoms with Gasteiger partial charge in [-0.1, -0.05) is 29.8 Å². The van der Waals surface area contributed by atoms with Gasteiger partial charge in [-0.2, -0.15) is 0 Å². The highest BCUT2D eigenvalue weighted by atomic mass is 35.5. The zero-order valence-electron chi connectivity index (χ0n) is 15.5. The Kier molecular flexibility index (Phi) is 4.94. The molecule has 0 spiro atoms. The van der Waals surface area contributed by atoms with Gasteiger partial charge in [0.2, 0.25) is 0 Å². The molecule has 0 saturated carbocycles. The highest BCUT2D eigenvalue weighted by Gasteiger charge is 2.43. The number of amides is 2. The number of nitrogens with zero attached hydrogens (tertiary/aromatic N) is 2. The summed E-state index contributed by atoms with van der Waals surface area (Å²) in [6, 6.07) is 10.9. The Morgan fingerprint density at radius 1 is 0.929 bits per heavy atom. The lowest BCUT2D eigenvalue weighted by Gasteiger charge is -2.29. The third-order valence-electron chi connectivity index (χ3n) is 5.34. The lowest BCUT2D eigenvalue weighted by atomic mass is 10.0. The van der Waals surface area contributed by atoms with Gasteiger partial charge in [0.1, 0.15) is 11.5 Å². The topological polar surface area (TPSA) is 40.6 Å². The van der Waals surface area contributed by atoms with Crippen LogP contribution >= 0.6 is 11.6 Å². The predicted molar refractivity (Wildman–Crippen MR) is 107 cm³/mol. The molecule has 144 valence electrons. The van der Waals surface area contributed by atoms with Gasteiger partial charge in [-0.05, 0) is 61.6 Å². The van der Waals surface area contributed by atoms with E-state index in [1.165, 1.54) is 17.0 Å². The van der Waals surface area contributed by atoms with Crippen LogP contribution < -0.4 is 4.90 Å². The Morgan fingerprint density at radius 2 is 1.61 bits per heavy atom. The van der Waals surface area contributed by atoms with Gasteiger partial charge in [-0.25, -0.2) is 9.29 Å². The lowest BCUT2D eigenvalue weighted by Crippen LogP contribution is -2.37. The molecule has 0 aromatic heterocycles. The van der Waals surface area contributed by atoms with Crippen molar-refractivity contribution in [2.45, 2.75) is 26.2 Å². The second-order valence-corrected chi connectivity index (χ2v) is 7.52. The van der Waals surface area contributed by atoms with E-state index in [9.17, 15) is 14.0 Å². The molecule has 6 heteroatoms. The van der Waals surface area contributed by atoms with E-state index < -0.39 is 5.91 Å². The van der Waals surface area contributed by atoms with Crippen LogP contribution in [-0.2, 0) is 9.59 Å². The van der Waals surface area contributed by atoms with Crippen LogP contribution in [0.2, 0.25) is 5.02 Å². The van der Waals surface area contributed by atoms with E-state index in [4.69, 9.17) is 11.6 Å². The van der Waals surface area contributed by atoms with E-state index in [1.807, 2.05) is 4.90 Å². The summed E-state index contributed by atoms with van der Waals surface area (Å²) in [5.41, 5.74) is 2.42. The predicted octanol–water partition coefficient (Wildman–Crippen LogP) is 4.56. The second kappa shape index (κ2) is 7.40. The summed E-state index contributed by atoms with van der Waals surface area (Å²) >= 11 is 6.23.